The van der Waals surface area contributed by atoms with Crippen molar-refractivity contribution in [3.05, 3.63) is 77.6 Å². The number of ether oxygens (including phenoxy) is 2. The standard InChI is InChI=1S/C24H21N3O3S/c1-15-10-11-21-22(16(15)2)26-24(31-21)27(13-17-7-5-6-12-25-17)23(28)20-14-29-18-8-3-4-9-19(18)30-20/h3-12,20H,13-14H2,1-2H3/t20-/m1/s1. The Bertz CT molecular complexity index is 1260. The largest absolute Gasteiger partial charge is 0.485 e. The fourth-order valence-corrected chi connectivity index (χ4v) is 4.57. The first-order chi connectivity index (χ1) is 15.1. The van der Waals surface area contributed by atoms with Crippen LogP contribution in [0.4, 0.5) is 5.13 Å². The maximum atomic E-state index is 13.6. The Morgan fingerprint density at radius 2 is 1.90 bits per heavy atom. The molecule has 6 nitrogen and oxygen atoms in total. The Balaban J connectivity index is 1.52. The normalized spacial score (nSPS) is 15.1. The Morgan fingerprint density at radius 3 is 2.71 bits per heavy atom. The van der Waals surface area contributed by atoms with Gasteiger partial charge < -0.3 is 9.47 Å². The molecule has 0 radical (unpaired) electrons. The number of hydrogen-bond acceptors (Lipinski definition) is 6. The van der Waals surface area contributed by atoms with Crippen LogP contribution in [-0.2, 0) is 11.3 Å². The molecule has 0 unspecified atom stereocenters. The molecular formula is C24H21N3O3S. The van der Waals surface area contributed by atoms with E-state index in [0.717, 1.165) is 21.5 Å². The van der Waals surface area contributed by atoms with Gasteiger partial charge >= 0.3 is 0 Å². The van der Waals surface area contributed by atoms with Crippen molar-refractivity contribution in [3.63, 3.8) is 0 Å². The van der Waals surface area contributed by atoms with E-state index in [4.69, 9.17) is 14.5 Å². The van der Waals surface area contributed by atoms with Gasteiger partial charge in [0.05, 0.1) is 22.5 Å². The van der Waals surface area contributed by atoms with Crippen LogP contribution in [0.1, 0.15) is 16.8 Å². The van der Waals surface area contributed by atoms with Crippen molar-refractivity contribution in [2.45, 2.75) is 26.5 Å². The van der Waals surface area contributed by atoms with Crippen LogP contribution in [0.2, 0.25) is 0 Å². The molecule has 3 heterocycles. The second-order valence-corrected chi connectivity index (χ2v) is 8.47. The quantitative estimate of drug-likeness (QED) is 0.469. The Kier molecular flexibility index (Phi) is 5.03. The van der Waals surface area contributed by atoms with E-state index in [2.05, 4.69) is 31.0 Å². The summed E-state index contributed by atoms with van der Waals surface area (Å²) < 4.78 is 12.8. The minimum atomic E-state index is -0.756. The summed E-state index contributed by atoms with van der Waals surface area (Å²) in [5.41, 5.74) is 3.99. The summed E-state index contributed by atoms with van der Waals surface area (Å²) >= 11 is 1.50. The lowest BCUT2D eigenvalue weighted by Crippen LogP contribution is -2.46. The van der Waals surface area contributed by atoms with Gasteiger partial charge in [0.15, 0.2) is 16.6 Å². The molecule has 4 aromatic rings. The number of hydrogen-bond donors (Lipinski definition) is 0. The number of rotatable bonds is 4. The van der Waals surface area contributed by atoms with Crippen molar-refractivity contribution >= 4 is 32.6 Å². The fourth-order valence-electron chi connectivity index (χ4n) is 3.54. The number of aryl methyl sites for hydroxylation is 2. The van der Waals surface area contributed by atoms with Gasteiger partial charge in [-0.3, -0.25) is 14.7 Å². The molecule has 0 aliphatic carbocycles. The zero-order valence-electron chi connectivity index (χ0n) is 17.2. The molecule has 0 bridgehead atoms. The van der Waals surface area contributed by atoms with Crippen molar-refractivity contribution in [2.75, 3.05) is 11.5 Å². The highest BCUT2D eigenvalue weighted by atomic mass is 32.1. The maximum Gasteiger partial charge on any atom is 0.273 e. The molecule has 0 saturated heterocycles. The summed E-state index contributed by atoms with van der Waals surface area (Å²) in [5, 5.41) is 0.627. The van der Waals surface area contributed by atoms with Crippen LogP contribution in [0, 0.1) is 13.8 Å². The summed E-state index contributed by atoms with van der Waals surface area (Å²) in [6.07, 6.45) is 0.966. The lowest BCUT2D eigenvalue weighted by atomic mass is 10.1. The molecule has 0 saturated carbocycles. The van der Waals surface area contributed by atoms with Crippen molar-refractivity contribution in [3.8, 4) is 11.5 Å². The molecule has 0 spiro atoms. The van der Waals surface area contributed by atoms with E-state index in [1.807, 2.05) is 42.5 Å². The Labute approximate surface area is 184 Å². The zero-order chi connectivity index (χ0) is 21.4. The number of carbonyl (C=O) groups excluding carboxylic acids is 1. The predicted octanol–water partition coefficient (Wildman–Crippen LogP) is 4.68. The first kappa shape index (κ1) is 19.5. The number of carbonyl (C=O) groups is 1. The first-order valence-corrected chi connectivity index (χ1v) is 10.9. The zero-order valence-corrected chi connectivity index (χ0v) is 18.1. The molecule has 7 heteroatoms. The van der Waals surface area contributed by atoms with E-state index >= 15 is 0 Å². The van der Waals surface area contributed by atoms with E-state index in [1.54, 1.807) is 11.1 Å². The predicted molar refractivity (Wildman–Crippen MR) is 121 cm³/mol. The number of pyridine rings is 1. The van der Waals surface area contributed by atoms with Gasteiger partial charge in [0.25, 0.3) is 5.91 Å². The maximum absolute atomic E-state index is 13.6. The average Bonchev–Trinajstić information content (AvgIpc) is 3.25. The molecule has 31 heavy (non-hydrogen) atoms. The van der Waals surface area contributed by atoms with Crippen molar-refractivity contribution < 1.29 is 14.3 Å². The molecule has 156 valence electrons. The number of anilines is 1. The number of amides is 1. The molecule has 1 atom stereocenters. The highest BCUT2D eigenvalue weighted by molar-refractivity contribution is 7.22. The molecule has 1 amide bonds. The minimum Gasteiger partial charge on any atom is -0.485 e. The number of nitrogens with zero attached hydrogens (tertiary/aromatic N) is 3. The third-order valence-electron chi connectivity index (χ3n) is 5.40. The molecule has 0 fully saturated rings. The summed E-state index contributed by atoms with van der Waals surface area (Å²) in [7, 11) is 0. The van der Waals surface area contributed by atoms with Gasteiger partial charge in [-0.25, -0.2) is 4.98 Å². The summed E-state index contributed by atoms with van der Waals surface area (Å²) in [6, 6.07) is 17.2. The molecule has 1 aliphatic rings. The van der Waals surface area contributed by atoms with Crippen LogP contribution in [-0.4, -0.2) is 28.6 Å². The van der Waals surface area contributed by atoms with Crippen LogP contribution >= 0.6 is 11.3 Å². The third-order valence-corrected chi connectivity index (χ3v) is 6.44. The van der Waals surface area contributed by atoms with Gasteiger partial charge in [0, 0.05) is 6.20 Å². The smallest absolute Gasteiger partial charge is 0.273 e. The highest BCUT2D eigenvalue weighted by Gasteiger charge is 2.33. The van der Waals surface area contributed by atoms with Crippen LogP contribution in [0.5, 0.6) is 11.5 Å². The second-order valence-electron chi connectivity index (χ2n) is 7.46. The first-order valence-electron chi connectivity index (χ1n) is 10.1. The number of thiazole rings is 1. The molecule has 2 aromatic heterocycles. The van der Waals surface area contributed by atoms with Crippen LogP contribution in [0.25, 0.3) is 10.2 Å². The third kappa shape index (κ3) is 3.72. The van der Waals surface area contributed by atoms with Gasteiger partial charge in [-0.1, -0.05) is 35.6 Å². The van der Waals surface area contributed by atoms with Gasteiger partial charge in [-0.2, -0.15) is 0 Å². The van der Waals surface area contributed by atoms with E-state index < -0.39 is 6.10 Å². The van der Waals surface area contributed by atoms with Crippen LogP contribution in [0.15, 0.2) is 60.8 Å². The van der Waals surface area contributed by atoms with Gasteiger partial charge in [0.2, 0.25) is 6.10 Å². The summed E-state index contributed by atoms with van der Waals surface area (Å²) in [5.74, 6) is 1.02. The van der Waals surface area contributed by atoms with E-state index in [1.165, 1.54) is 16.9 Å². The number of aromatic nitrogens is 2. The van der Waals surface area contributed by atoms with Gasteiger partial charge in [0.1, 0.15) is 6.61 Å². The van der Waals surface area contributed by atoms with Gasteiger partial charge in [-0.05, 0) is 55.3 Å². The number of fused-ring (bicyclic) bond motifs is 2. The molecule has 0 N–H and O–H groups in total. The lowest BCUT2D eigenvalue weighted by molar-refractivity contribution is -0.127. The van der Waals surface area contributed by atoms with Crippen molar-refractivity contribution in [2.24, 2.45) is 0 Å². The monoisotopic (exact) mass is 431 g/mol. The minimum absolute atomic E-state index is 0.150. The lowest BCUT2D eigenvalue weighted by Gasteiger charge is -2.29. The highest BCUT2D eigenvalue weighted by Crippen LogP contribution is 2.35. The van der Waals surface area contributed by atoms with Gasteiger partial charge in [-0.15, -0.1) is 0 Å². The van der Waals surface area contributed by atoms with Crippen LogP contribution < -0.4 is 14.4 Å². The molecule has 1 aliphatic heterocycles. The SMILES string of the molecule is Cc1ccc2sc(N(Cc3ccccn3)C(=O)[C@H]3COc4ccccc4O3)nc2c1C. The molecule has 2 aromatic carbocycles. The van der Waals surface area contributed by atoms with E-state index in [9.17, 15) is 4.79 Å². The molecular weight excluding hydrogens is 410 g/mol. The number of para-hydroxylation sites is 2. The topological polar surface area (TPSA) is 64.6 Å². The summed E-state index contributed by atoms with van der Waals surface area (Å²) in [6.45, 7) is 4.58. The Morgan fingerprint density at radius 1 is 1.10 bits per heavy atom. The fraction of sp³-hybridized carbons (Fsp3) is 0.208. The Hall–Kier alpha value is -3.45. The van der Waals surface area contributed by atoms with Crippen molar-refractivity contribution in [1.29, 1.82) is 0 Å². The number of benzene rings is 2. The average molecular weight is 432 g/mol. The second kappa shape index (κ2) is 8.00. The van der Waals surface area contributed by atoms with Crippen molar-refractivity contribution in [1.82, 2.24) is 9.97 Å². The molecule has 5 rings (SSSR count). The van der Waals surface area contributed by atoms with E-state index in [-0.39, 0.29) is 12.5 Å². The van der Waals surface area contributed by atoms with E-state index in [0.29, 0.717) is 23.2 Å². The van der Waals surface area contributed by atoms with Crippen LogP contribution in [0.3, 0.4) is 0 Å². The summed E-state index contributed by atoms with van der Waals surface area (Å²) in [4.78, 5) is 24.5.